The first kappa shape index (κ1) is 20.4. The zero-order valence-corrected chi connectivity index (χ0v) is 17.1. The summed E-state index contributed by atoms with van der Waals surface area (Å²) in [4.78, 5) is 27.9. The predicted octanol–water partition coefficient (Wildman–Crippen LogP) is 4.74. The summed E-state index contributed by atoms with van der Waals surface area (Å²) >= 11 is 0. The number of amides is 2. The quantitative estimate of drug-likeness (QED) is 0.750. The Bertz CT molecular complexity index is 918. The molecule has 30 heavy (non-hydrogen) atoms. The number of rotatable bonds is 5. The molecular weight excluding hydrogens is 381 g/mol. The highest BCUT2D eigenvalue weighted by Gasteiger charge is 2.23. The molecule has 1 aliphatic carbocycles. The molecular formula is C24H28FN3O2. The summed E-state index contributed by atoms with van der Waals surface area (Å²) < 4.78 is 13.4. The summed E-state index contributed by atoms with van der Waals surface area (Å²) in [6.45, 7) is 1.86. The number of hydrogen-bond acceptors (Lipinski definition) is 3. The van der Waals surface area contributed by atoms with Gasteiger partial charge in [-0.05, 0) is 62.1 Å². The minimum atomic E-state index is -0.459. The van der Waals surface area contributed by atoms with E-state index in [1.165, 1.54) is 24.6 Å². The van der Waals surface area contributed by atoms with E-state index in [0.717, 1.165) is 57.3 Å². The van der Waals surface area contributed by atoms with Crippen LogP contribution in [-0.2, 0) is 0 Å². The van der Waals surface area contributed by atoms with Gasteiger partial charge in [-0.2, -0.15) is 0 Å². The lowest BCUT2D eigenvalue weighted by atomic mass is 9.95. The van der Waals surface area contributed by atoms with E-state index in [0.29, 0.717) is 11.3 Å². The number of benzene rings is 2. The molecule has 0 radical (unpaired) electrons. The molecule has 1 saturated heterocycles. The molecule has 0 aromatic heterocycles. The molecule has 0 bridgehead atoms. The largest absolute Gasteiger partial charge is 0.371 e. The minimum absolute atomic E-state index is 0.0920. The molecule has 0 spiro atoms. The Balaban J connectivity index is 1.56. The van der Waals surface area contributed by atoms with Crippen LogP contribution in [0.4, 0.5) is 15.8 Å². The molecule has 2 amide bonds. The lowest BCUT2D eigenvalue weighted by molar-refractivity contribution is 0.0927. The van der Waals surface area contributed by atoms with Crippen molar-refractivity contribution in [2.45, 2.75) is 51.0 Å². The molecule has 1 heterocycles. The van der Waals surface area contributed by atoms with Crippen molar-refractivity contribution in [3.63, 3.8) is 0 Å². The number of carbonyl (C=O) groups is 2. The van der Waals surface area contributed by atoms with E-state index in [2.05, 4.69) is 15.5 Å². The fourth-order valence-corrected chi connectivity index (χ4v) is 4.37. The van der Waals surface area contributed by atoms with Gasteiger partial charge in [-0.1, -0.05) is 25.3 Å². The molecule has 6 heteroatoms. The second kappa shape index (κ2) is 9.28. The van der Waals surface area contributed by atoms with Gasteiger partial charge in [0.1, 0.15) is 5.82 Å². The van der Waals surface area contributed by atoms with Crippen molar-refractivity contribution in [3.8, 4) is 0 Å². The average molecular weight is 410 g/mol. The van der Waals surface area contributed by atoms with Crippen LogP contribution >= 0.6 is 0 Å². The molecule has 0 atom stereocenters. The Morgan fingerprint density at radius 1 is 0.900 bits per heavy atom. The lowest BCUT2D eigenvalue weighted by Gasteiger charge is -2.25. The van der Waals surface area contributed by atoms with E-state index in [4.69, 9.17) is 0 Å². The zero-order chi connectivity index (χ0) is 20.9. The molecule has 5 nitrogen and oxygen atoms in total. The summed E-state index contributed by atoms with van der Waals surface area (Å²) in [5.41, 5.74) is 2.26. The van der Waals surface area contributed by atoms with Gasteiger partial charge in [0.15, 0.2) is 0 Å². The zero-order valence-electron chi connectivity index (χ0n) is 17.1. The van der Waals surface area contributed by atoms with Crippen molar-refractivity contribution >= 4 is 23.2 Å². The van der Waals surface area contributed by atoms with Crippen LogP contribution in [0.25, 0.3) is 0 Å². The van der Waals surface area contributed by atoms with Gasteiger partial charge in [0.05, 0.1) is 5.56 Å². The normalized spacial score (nSPS) is 17.0. The third-order valence-electron chi connectivity index (χ3n) is 5.97. The molecule has 1 aliphatic heterocycles. The first-order chi connectivity index (χ1) is 14.6. The third-order valence-corrected chi connectivity index (χ3v) is 5.97. The molecule has 2 aliphatic rings. The highest BCUT2D eigenvalue weighted by Crippen LogP contribution is 2.28. The number of anilines is 2. The monoisotopic (exact) mass is 409 g/mol. The van der Waals surface area contributed by atoms with Crippen LogP contribution in [0.3, 0.4) is 0 Å². The summed E-state index contributed by atoms with van der Waals surface area (Å²) in [5.74, 6) is -0.952. The summed E-state index contributed by atoms with van der Waals surface area (Å²) in [7, 11) is 0. The molecule has 2 fully saturated rings. The van der Waals surface area contributed by atoms with Crippen molar-refractivity contribution in [1.29, 1.82) is 0 Å². The van der Waals surface area contributed by atoms with Crippen molar-refractivity contribution in [2.24, 2.45) is 0 Å². The van der Waals surface area contributed by atoms with E-state index in [1.807, 2.05) is 12.1 Å². The standard InChI is InChI=1S/C24H28FN3O2/c25-18-8-6-7-17(15-18)23(29)27-20-11-12-22(28-13-4-5-14-28)21(16-20)24(30)26-19-9-2-1-3-10-19/h6-8,11-12,15-16,19H,1-5,9-10,13-14H2,(H,26,30)(H,27,29). The van der Waals surface area contributed by atoms with Crippen LogP contribution in [0.2, 0.25) is 0 Å². The molecule has 2 aromatic rings. The van der Waals surface area contributed by atoms with Gasteiger partial charge in [-0.3, -0.25) is 9.59 Å². The van der Waals surface area contributed by atoms with Crippen LogP contribution in [0, 0.1) is 5.82 Å². The van der Waals surface area contributed by atoms with E-state index < -0.39 is 11.7 Å². The van der Waals surface area contributed by atoms with Crippen LogP contribution in [0.1, 0.15) is 65.7 Å². The SMILES string of the molecule is O=C(Nc1ccc(N2CCCC2)c(C(=O)NC2CCCCC2)c1)c1cccc(F)c1. The highest BCUT2D eigenvalue weighted by molar-refractivity contribution is 6.06. The number of carbonyl (C=O) groups excluding carboxylic acids is 2. The molecule has 0 unspecified atom stereocenters. The summed E-state index contributed by atoms with van der Waals surface area (Å²) in [6, 6.07) is 11.2. The van der Waals surface area contributed by atoms with Gasteiger partial charge in [0, 0.05) is 36.1 Å². The Hall–Kier alpha value is -2.89. The first-order valence-electron chi connectivity index (χ1n) is 10.9. The second-order valence-corrected chi connectivity index (χ2v) is 8.20. The maximum absolute atomic E-state index is 13.4. The minimum Gasteiger partial charge on any atom is -0.371 e. The van der Waals surface area contributed by atoms with Gasteiger partial charge < -0.3 is 15.5 Å². The average Bonchev–Trinajstić information content (AvgIpc) is 3.29. The number of nitrogens with zero attached hydrogens (tertiary/aromatic N) is 1. The smallest absolute Gasteiger partial charge is 0.255 e. The molecule has 1 saturated carbocycles. The Morgan fingerprint density at radius 2 is 1.67 bits per heavy atom. The first-order valence-corrected chi connectivity index (χ1v) is 10.9. The van der Waals surface area contributed by atoms with Crippen molar-refractivity contribution in [3.05, 3.63) is 59.4 Å². The fraction of sp³-hybridized carbons (Fsp3) is 0.417. The molecule has 2 aromatic carbocycles. The van der Waals surface area contributed by atoms with E-state index in [1.54, 1.807) is 12.1 Å². The third kappa shape index (κ3) is 4.81. The van der Waals surface area contributed by atoms with E-state index >= 15 is 0 Å². The van der Waals surface area contributed by atoms with Gasteiger partial charge in [0.25, 0.3) is 11.8 Å². The molecule has 2 N–H and O–H groups in total. The van der Waals surface area contributed by atoms with Crippen LogP contribution in [-0.4, -0.2) is 30.9 Å². The van der Waals surface area contributed by atoms with Crippen molar-refractivity contribution < 1.29 is 14.0 Å². The van der Waals surface area contributed by atoms with Gasteiger partial charge in [-0.15, -0.1) is 0 Å². The topological polar surface area (TPSA) is 61.4 Å². The van der Waals surface area contributed by atoms with Crippen LogP contribution in [0.5, 0.6) is 0 Å². The maximum atomic E-state index is 13.4. The summed E-state index contributed by atoms with van der Waals surface area (Å²) in [5, 5.41) is 5.99. The predicted molar refractivity (Wildman–Crippen MR) is 117 cm³/mol. The number of nitrogens with one attached hydrogen (secondary N) is 2. The van der Waals surface area contributed by atoms with Gasteiger partial charge >= 0.3 is 0 Å². The lowest BCUT2D eigenvalue weighted by Crippen LogP contribution is -2.37. The van der Waals surface area contributed by atoms with E-state index in [-0.39, 0.29) is 17.5 Å². The Labute approximate surface area is 176 Å². The number of halogens is 1. The summed E-state index contributed by atoms with van der Waals surface area (Å²) in [6.07, 6.45) is 7.78. The van der Waals surface area contributed by atoms with Gasteiger partial charge in [-0.25, -0.2) is 4.39 Å². The molecule has 158 valence electrons. The fourth-order valence-electron chi connectivity index (χ4n) is 4.37. The molecule has 4 rings (SSSR count). The van der Waals surface area contributed by atoms with Crippen LogP contribution in [0.15, 0.2) is 42.5 Å². The Kier molecular flexibility index (Phi) is 6.31. The Morgan fingerprint density at radius 3 is 2.40 bits per heavy atom. The highest BCUT2D eigenvalue weighted by atomic mass is 19.1. The van der Waals surface area contributed by atoms with Gasteiger partial charge in [0.2, 0.25) is 0 Å². The maximum Gasteiger partial charge on any atom is 0.255 e. The number of hydrogen-bond donors (Lipinski definition) is 2. The van der Waals surface area contributed by atoms with Crippen molar-refractivity contribution in [1.82, 2.24) is 5.32 Å². The van der Waals surface area contributed by atoms with Crippen LogP contribution < -0.4 is 15.5 Å². The second-order valence-electron chi connectivity index (χ2n) is 8.20. The van der Waals surface area contributed by atoms with Crippen molar-refractivity contribution in [2.75, 3.05) is 23.3 Å². The van der Waals surface area contributed by atoms with E-state index in [9.17, 15) is 14.0 Å².